The Morgan fingerprint density at radius 1 is 0.818 bits per heavy atom. The lowest BCUT2D eigenvalue weighted by atomic mass is 10.2. The van der Waals surface area contributed by atoms with Gasteiger partial charge < -0.3 is 19.9 Å². The van der Waals surface area contributed by atoms with Crippen LogP contribution < -0.4 is 15.2 Å². The number of ether oxygens (including phenoxy) is 3. The molecule has 8 nitrogen and oxygen atoms in total. The van der Waals surface area contributed by atoms with Crippen molar-refractivity contribution in [1.29, 1.82) is 0 Å². The Morgan fingerprint density at radius 2 is 1.33 bits per heavy atom. The third-order valence-corrected chi connectivity index (χ3v) is 5.80. The van der Waals surface area contributed by atoms with Crippen molar-refractivity contribution in [2.75, 3.05) is 33.2 Å². The molecule has 1 fully saturated rings. The molecule has 2 N–H and O–H groups in total. The second kappa shape index (κ2) is 12.3. The molecule has 0 unspecified atom stereocenters. The van der Waals surface area contributed by atoms with Crippen LogP contribution in [0.25, 0.3) is 21.8 Å². The highest BCUT2D eigenvalue weighted by Crippen LogP contribution is 2.31. The summed E-state index contributed by atoms with van der Waals surface area (Å²) in [5.41, 5.74) is 7.16. The predicted octanol–water partition coefficient (Wildman–Crippen LogP) is 5.83. The first-order chi connectivity index (χ1) is 15.9. The van der Waals surface area contributed by atoms with E-state index in [9.17, 15) is 0 Å². The minimum Gasteiger partial charge on any atom is -0.494 e. The monoisotopic (exact) mass is 597 g/mol. The number of fused-ring (bicyclic) bond motifs is 2. The van der Waals surface area contributed by atoms with E-state index in [0.717, 1.165) is 44.0 Å². The second-order valence-electron chi connectivity index (χ2n) is 6.75. The van der Waals surface area contributed by atoms with Gasteiger partial charge in [-0.25, -0.2) is 19.9 Å². The van der Waals surface area contributed by atoms with Gasteiger partial charge in [-0.05, 0) is 37.1 Å². The lowest BCUT2D eigenvalue weighted by Gasteiger charge is -2.06. The van der Waals surface area contributed by atoms with E-state index < -0.39 is 0 Å². The molecule has 3 heterocycles. The molecular formula is C22H22Br2ClN5O3. The number of hydrogen-bond donors (Lipinski definition) is 1. The van der Waals surface area contributed by atoms with E-state index in [2.05, 4.69) is 51.8 Å². The van der Waals surface area contributed by atoms with E-state index in [1.54, 1.807) is 14.2 Å². The number of aromatic nitrogens is 4. The van der Waals surface area contributed by atoms with Crippen LogP contribution in [0.2, 0.25) is 5.15 Å². The second-order valence-corrected chi connectivity index (χ2v) is 8.94. The van der Waals surface area contributed by atoms with Gasteiger partial charge in [-0.2, -0.15) is 0 Å². The molecule has 0 aliphatic carbocycles. The molecule has 0 spiro atoms. The first-order valence-electron chi connectivity index (χ1n) is 9.89. The Labute approximate surface area is 213 Å². The van der Waals surface area contributed by atoms with Crippen LogP contribution in [0.1, 0.15) is 12.8 Å². The number of hydrogen-bond acceptors (Lipinski definition) is 8. The fourth-order valence-corrected chi connectivity index (χ4v) is 4.08. The first kappa shape index (κ1) is 25.4. The Morgan fingerprint density at radius 3 is 1.85 bits per heavy atom. The molecule has 5 rings (SSSR count). The molecule has 33 heavy (non-hydrogen) atoms. The van der Waals surface area contributed by atoms with E-state index in [0.29, 0.717) is 22.5 Å². The van der Waals surface area contributed by atoms with Crippen molar-refractivity contribution in [1.82, 2.24) is 19.9 Å². The van der Waals surface area contributed by atoms with Crippen LogP contribution in [-0.4, -0.2) is 47.4 Å². The van der Waals surface area contributed by atoms with Crippen LogP contribution in [0.15, 0.2) is 45.9 Å². The lowest BCUT2D eigenvalue weighted by molar-refractivity contribution is 0.198. The first-order valence-corrected chi connectivity index (χ1v) is 11.9. The molecule has 1 aliphatic rings. The Balaban J connectivity index is 0.000000154. The Hall–Kier alpha value is -2.27. The molecule has 0 radical (unpaired) electrons. The normalized spacial score (nSPS) is 12.5. The standard InChI is InChI=1S/C9H6BrClN2O.C9H8BrN3O.C4H8O/c2*1-14-7-3-5(10)2-6-8(7)12-4-13-9(6)11;1-2-4-5-3-1/h2-4H,1H3;2-4H,1H3,(H2,11,12,13);1-4H2. The van der Waals surface area contributed by atoms with Crippen LogP contribution in [0, 0.1) is 0 Å². The number of methoxy groups -OCH3 is 2. The summed E-state index contributed by atoms with van der Waals surface area (Å²) in [6, 6.07) is 7.41. The Bertz CT molecular complexity index is 1140. The number of nitrogens with two attached hydrogens (primary N) is 1. The van der Waals surface area contributed by atoms with E-state index in [4.69, 9.17) is 31.5 Å². The predicted molar refractivity (Wildman–Crippen MR) is 137 cm³/mol. The maximum absolute atomic E-state index is 5.93. The number of halogens is 3. The van der Waals surface area contributed by atoms with E-state index in [-0.39, 0.29) is 0 Å². The fourth-order valence-electron chi connectivity index (χ4n) is 3.01. The van der Waals surface area contributed by atoms with Crippen molar-refractivity contribution >= 4 is 71.1 Å². The lowest BCUT2D eigenvalue weighted by Crippen LogP contribution is -1.95. The van der Waals surface area contributed by atoms with Gasteiger partial charge in [0.2, 0.25) is 0 Å². The SMILES string of the molecule is C1CCOC1.COc1cc(Br)cc2c(Cl)ncnc12.COc1cc(Br)cc2c(N)ncnc12. The van der Waals surface area contributed by atoms with Crippen molar-refractivity contribution < 1.29 is 14.2 Å². The van der Waals surface area contributed by atoms with E-state index in [1.165, 1.54) is 25.5 Å². The van der Waals surface area contributed by atoms with Gasteiger partial charge in [0.25, 0.3) is 0 Å². The van der Waals surface area contributed by atoms with Crippen molar-refractivity contribution in [2.45, 2.75) is 12.8 Å². The van der Waals surface area contributed by atoms with Crippen molar-refractivity contribution in [3.8, 4) is 11.5 Å². The summed E-state index contributed by atoms with van der Waals surface area (Å²) >= 11 is 12.7. The molecule has 0 amide bonds. The Kier molecular flexibility index (Phi) is 9.42. The van der Waals surface area contributed by atoms with E-state index in [1.807, 2.05) is 24.3 Å². The highest BCUT2D eigenvalue weighted by Gasteiger charge is 2.08. The summed E-state index contributed by atoms with van der Waals surface area (Å²) in [4.78, 5) is 16.0. The molecule has 1 aliphatic heterocycles. The molecule has 174 valence electrons. The quantitative estimate of drug-likeness (QED) is 0.287. The highest BCUT2D eigenvalue weighted by molar-refractivity contribution is 9.10. The topological polar surface area (TPSA) is 105 Å². The zero-order valence-corrected chi connectivity index (χ0v) is 21.9. The summed E-state index contributed by atoms with van der Waals surface area (Å²) in [6.45, 7) is 2.00. The van der Waals surface area contributed by atoms with Crippen LogP contribution in [0.5, 0.6) is 11.5 Å². The number of rotatable bonds is 2. The van der Waals surface area contributed by atoms with Gasteiger partial charge in [-0.3, -0.25) is 0 Å². The van der Waals surface area contributed by atoms with Crippen molar-refractivity contribution in [2.24, 2.45) is 0 Å². The minimum absolute atomic E-state index is 0.426. The van der Waals surface area contributed by atoms with Gasteiger partial charge in [-0.15, -0.1) is 0 Å². The maximum Gasteiger partial charge on any atom is 0.146 e. The third kappa shape index (κ3) is 6.63. The largest absolute Gasteiger partial charge is 0.494 e. The fraction of sp³-hybridized carbons (Fsp3) is 0.273. The summed E-state index contributed by atoms with van der Waals surface area (Å²) in [5.74, 6) is 1.82. The van der Waals surface area contributed by atoms with Crippen LogP contribution in [0.4, 0.5) is 5.82 Å². The number of nitrogen functional groups attached to an aromatic ring is 1. The summed E-state index contributed by atoms with van der Waals surface area (Å²) in [7, 11) is 3.19. The average Bonchev–Trinajstić information content (AvgIpc) is 3.40. The highest BCUT2D eigenvalue weighted by atomic mass is 79.9. The molecule has 0 atom stereocenters. The van der Waals surface area contributed by atoms with Crippen LogP contribution in [0.3, 0.4) is 0 Å². The van der Waals surface area contributed by atoms with Gasteiger partial charge in [0.1, 0.15) is 46.2 Å². The zero-order chi connectivity index (χ0) is 23.8. The summed E-state index contributed by atoms with van der Waals surface area (Å²) in [6.07, 6.45) is 5.40. The van der Waals surface area contributed by atoms with E-state index >= 15 is 0 Å². The molecule has 2 aromatic carbocycles. The number of nitrogens with zero attached hydrogens (tertiary/aromatic N) is 4. The van der Waals surface area contributed by atoms with Gasteiger partial charge >= 0.3 is 0 Å². The maximum atomic E-state index is 5.93. The molecular weight excluding hydrogens is 578 g/mol. The third-order valence-electron chi connectivity index (χ3n) is 4.59. The van der Waals surface area contributed by atoms with Gasteiger partial charge in [0, 0.05) is 32.9 Å². The molecule has 4 aromatic rings. The van der Waals surface area contributed by atoms with Gasteiger partial charge in [0.05, 0.1) is 14.2 Å². The van der Waals surface area contributed by atoms with Crippen LogP contribution >= 0.6 is 43.5 Å². The molecule has 2 aromatic heterocycles. The molecule has 1 saturated heterocycles. The van der Waals surface area contributed by atoms with Crippen molar-refractivity contribution in [3.63, 3.8) is 0 Å². The van der Waals surface area contributed by atoms with Crippen molar-refractivity contribution in [3.05, 3.63) is 51.0 Å². The van der Waals surface area contributed by atoms with Crippen LogP contribution in [-0.2, 0) is 4.74 Å². The number of anilines is 1. The number of benzene rings is 2. The van der Waals surface area contributed by atoms with Gasteiger partial charge in [0.15, 0.2) is 0 Å². The molecule has 11 heteroatoms. The smallest absolute Gasteiger partial charge is 0.146 e. The zero-order valence-electron chi connectivity index (χ0n) is 18.0. The molecule has 0 bridgehead atoms. The minimum atomic E-state index is 0.426. The average molecular weight is 600 g/mol. The summed E-state index contributed by atoms with van der Waals surface area (Å²) < 4.78 is 17.1. The summed E-state index contributed by atoms with van der Waals surface area (Å²) in [5, 5.41) is 1.99. The molecule has 0 saturated carbocycles. The van der Waals surface area contributed by atoms with Gasteiger partial charge in [-0.1, -0.05) is 43.5 Å².